The van der Waals surface area contributed by atoms with Crippen LogP contribution >= 0.6 is 0 Å². The second-order valence-corrected chi connectivity index (χ2v) is 1.83. The van der Waals surface area contributed by atoms with E-state index in [1.165, 1.54) is 0 Å². The van der Waals surface area contributed by atoms with Crippen molar-refractivity contribution in [2.45, 2.75) is 13.3 Å². The Labute approximate surface area is 55.0 Å². The molecule has 1 rings (SSSR count). The molecule has 0 atom stereocenters. The predicted molar refractivity (Wildman–Crippen MR) is 38.0 cm³/mol. The van der Waals surface area contributed by atoms with Crippen molar-refractivity contribution in [1.82, 2.24) is 0 Å². The van der Waals surface area contributed by atoms with Gasteiger partial charge in [0.05, 0.1) is 6.26 Å². The zero-order valence-corrected chi connectivity index (χ0v) is 5.50. The molecule has 0 radical (unpaired) electrons. The van der Waals surface area contributed by atoms with Crippen LogP contribution in [0.1, 0.15) is 19.1 Å². The van der Waals surface area contributed by atoms with E-state index in [-0.39, 0.29) is 0 Å². The summed E-state index contributed by atoms with van der Waals surface area (Å²) in [5.41, 5.74) is 0. The average Bonchev–Trinajstić information content (AvgIpc) is 2.34. The van der Waals surface area contributed by atoms with Gasteiger partial charge in [-0.05, 0) is 24.6 Å². The van der Waals surface area contributed by atoms with Crippen molar-refractivity contribution < 1.29 is 4.42 Å². The van der Waals surface area contributed by atoms with Crippen LogP contribution in [0.15, 0.2) is 28.9 Å². The average molecular weight is 122 g/mol. The maximum atomic E-state index is 5.05. The second-order valence-electron chi connectivity index (χ2n) is 1.83. The van der Waals surface area contributed by atoms with Crippen LogP contribution in [-0.2, 0) is 0 Å². The molecule has 0 aromatic carbocycles. The molecule has 0 aliphatic carbocycles. The Morgan fingerprint density at radius 3 is 3.11 bits per heavy atom. The number of hydrogen-bond acceptors (Lipinski definition) is 1. The van der Waals surface area contributed by atoms with Crippen LogP contribution in [0.5, 0.6) is 0 Å². The van der Waals surface area contributed by atoms with Crippen molar-refractivity contribution in [3.05, 3.63) is 30.2 Å². The zero-order chi connectivity index (χ0) is 6.53. The molecule has 0 amide bonds. The van der Waals surface area contributed by atoms with Crippen LogP contribution in [0, 0.1) is 0 Å². The third kappa shape index (κ3) is 1.76. The molecule has 0 unspecified atom stereocenters. The normalized spacial score (nSPS) is 10.8. The summed E-state index contributed by atoms with van der Waals surface area (Å²) >= 11 is 0. The highest BCUT2D eigenvalue weighted by molar-refractivity contribution is 5.41. The molecule has 0 fully saturated rings. The third-order valence-corrected chi connectivity index (χ3v) is 1.06. The van der Waals surface area contributed by atoms with E-state index >= 15 is 0 Å². The smallest absolute Gasteiger partial charge is 0.126 e. The van der Waals surface area contributed by atoms with Crippen molar-refractivity contribution in [3.8, 4) is 0 Å². The van der Waals surface area contributed by atoms with Crippen LogP contribution in [0.3, 0.4) is 0 Å². The Kier molecular flexibility index (Phi) is 2.13. The monoisotopic (exact) mass is 122 g/mol. The van der Waals surface area contributed by atoms with Gasteiger partial charge < -0.3 is 4.42 Å². The van der Waals surface area contributed by atoms with Gasteiger partial charge in [-0.2, -0.15) is 0 Å². The maximum absolute atomic E-state index is 5.05. The van der Waals surface area contributed by atoms with E-state index in [2.05, 4.69) is 13.0 Å². The molecule has 0 N–H and O–H groups in total. The summed E-state index contributed by atoms with van der Waals surface area (Å²) in [6.07, 6.45) is 6.77. The molecule has 0 aliphatic rings. The minimum Gasteiger partial charge on any atom is -0.465 e. The molecular formula is C8H10O. The molecule has 0 spiro atoms. The highest BCUT2D eigenvalue weighted by atomic mass is 16.3. The number of hydrogen-bond donors (Lipinski definition) is 0. The highest BCUT2D eigenvalue weighted by Gasteiger charge is 1.83. The molecule has 0 saturated carbocycles. The quantitative estimate of drug-likeness (QED) is 0.587. The van der Waals surface area contributed by atoms with Gasteiger partial charge >= 0.3 is 0 Å². The number of allylic oxidation sites excluding steroid dienone is 1. The topological polar surface area (TPSA) is 13.1 Å². The van der Waals surface area contributed by atoms with Crippen LogP contribution in [0.2, 0.25) is 0 Å². The first-order valence-electron chi connectivity index (χ1n) is 3.13. The standard InChI is InChI=1S/C8H10O/c1-2-3-5-8-6-4-7-9-8/h3-7H,2H2,1H3/b5-3+. The van der Waals surface area contributed by atoms with E-state index in [1.54, 1.807) is 6.26 Å². The van der Waals surface area contributed by atoms with Gasteiger partial charge in [0.2, 0.25) is 0 Å². The Bertz CT molecular complexity index is 172. The SMILES string of the molecule is CC/C=C/c1ccco1. The van der Waals surface area contributed by atoms with Crippen LogP contribution in [0.25, 0.3) is 6.08 Å². The predicted octanol–water partition coefficient (Wildman–Crippen LogP) is 2.70. The van der Waals surface area contributed by atoms with Gasteiger partial charge in [0.25, 0.3) is 0 Å². The molecule has 1 nitrogen and oxygen atoms in total. The minimum atomic E-state index is 0.928. The van der Waals surface area contributed by atoms with Crippen LogP contribution in [0.4, 0.5) is 0 Å². The molecule has 48 valence electrons. The first-order chi connectivity index (χ1) is 4.43. The summed E-state index contributed by atoms with van der Waals surface area (Å²) in [5.74, 6) is 0.928. The molecule has 1 heterocycles. The molecule has 0 aliphatic heterocycles. The lowest BCUT2D eigenvalue weighted by molar-refractivity contribution is 0.557. The van der Waals surface area contributed by atoms with Crippen molar-refractivity contribution in [3.63, 3.8) is 0 Å². The minimum absolute atomic E-state index is 0.928. The van der Waals surface area contributed by atoms with E-state index in [4.69, 9.17) is 4.42 Å². The lowest BCUT2D eigenvalue weighted by Gasteiger charge is -1.79. The van der Waals surface area contributed by atoms with E-state index < -0.39 is 0 Å². The van der Waals surface area contributed by atoms with Gasteiger partial charge in [-0.25, -0.2) is 0 Å². The van der Waals surface area contributed by atoms with Gasteiger partial charge in [0, 0.05) is 0 Å². The number of furan rings is 1. The van der Waals surface area contributed by atoms with E-state index in [9.17, 15) is 0 Å². The Hall–Kier alpha value is -0.980. The lowest BCUT2D eigenvalue weighted by Crippen LogP contribution is -1.57. The Morgan fingerprint density at radius 1 is 1.67 bits per heavy atom. The van der Waals surface area contributed by atoms with E-state index in [0.717, 1.165) is 12.2 Å². The summed E-state index contributed by atoms with van der Waals surface area (Å²) in [6, 6.07) is 3.82. The molecule has 0 bridgehead atoms. The maximum Gasteiger partial charge on any atom is 0.126 e. The first kappa shape index (κ1) is 6.14. The van der Waals surface area contributed by atoms with Crippen molar-refractivity contribution >= 4 is 6.08 Å². The molecular weight excluding hydrogens is 112 g/mol. The first-order valence-corrected chi connectivity index (χ1v) is 3.13. The summed E-state index contributed by atoms with van der Waals surface area (Å²) in [7, 11) is 0. The summed E-state index contributed by atoms with van der Waals surface area (Å²) < 4.78 is 5.05. The largest absolute Gasteiger partial charge is 0.465 e. The lowest BCUT2D eigenvalue weighted by atomic mass is 10.3. The Balaban J connectivity index is 2.57. The fourth-order valence-corrected chi connectivity index (χ4v) is 0.620. The van der Waals surface area contributed by atoms with E-state index in [0.29, 0.717) is 0 Å². The van der Waals surface area contributed by atoms with Gasteiger partial charge in [-0.3, -0.25) is 0 Å². The Morgan fingerprint density at radius 2 is 2.56 bits per heavy atom. The molecule has 1 heteroatoms. The van der Waals surface area contributed by atoms with Gasteiger partial charge in [0.1, 0.15) is 5.76 Å². The molecule has 0 saturated heterocycles. The highest BCUT2D eigenvalue weighted by Crippen LogP contribution is 2.02. The fourth-order valence-electron chi connectivity index (χ4n) is 0.620. The van der Waals surface area contributed by atoms with Gasteiger partial charge in [0.15, 0.2) is 0 Å². The summed E-state index contributed by atoms with van der Waals surface area (Å²) in [4.78, 5) is 0. The fraction of sp³-hybridized carbons (Fsp3) is 0.250. The van der Waals surface area contributed by atoms with Crippen LogP contribution < -0.4 is 0 Å². The van der Waals surface area contributed by atoms with Gasteiger partial charge in [-0.1, -0.05) is 13.0 Å². The molecule has 1 aromatic rings. The van der Waals surface area contributed by atoms with Crippen LogP contribution in [-0.4, -0.2) is 0 Å². The second kappa shape index (κ2) is 3.13. The zero-order valence-electron chi connectivity index (χ0n) is 5.50. The number of rotatable bonds is 2. The van der Waals surface area contributed by atoms with Gasteiger partial charge in [-0.15, -0.1) is 0 Å². The third-order valence-electron chi connectivity index (χ3n) is 1.06. The van der Waals surface area contributed by atoms with Crippen molar-refractivity contribution in [2.24, 2.45) is 0 Å². The van der Waals surface area contributed by atoms with Crippen molar-refractivity contribution in [1.29, 1.82) is 0 Å². The summed E-state index contributed by atoms with van der Waals surface area (Å²) in [6.45, 7) is 2.10. The molecule has 1 aromatic heterocycles. The molecule has 9 heavy (non-hydrogen) atoms. The van der Waals surface area contributed by atoms with Crippen molar-refractivity contribution in [2.75, 3.05) is 0 Å². The summed E-state index contributed by atoms with van der Waals surface area (Å²) in [5, 5.41) is 0. The van der Waals surface area contributed by atoms with E-state index in [1.807, 2.05) is 18.2 Å².